The van der Waals surface area contributed by atoms with Gasteiger partial charge in [0.25, 0.3) is 5.91 Å². The van der Waals surface area contributed by atoms with E-state index in [1.54, 1.807) is 0 Å². The van der Waals surface area contributed by atoms with Crippen LogP contribution in [0.3, 0.4) is 0 Å². The van der Waals surface area contributed by atoms with Crippen LogP contribution in [0.4, 0.5) is 5.13 Å². The maximum atomic E-state index is 12.5. The molecule has 0 aliphatic heterocycles. The Morgan fingerprint density at radius 2 is 2.00 bits per heavy atom. The molecule has 2 aromatic heterocycles. The molecule has 0 saturated carbocycles. The minimum absolute atomic E-state index is 0.0786. The van der Waals surface area contributed by atoms with Crippen molar-refractivity contribution in [3.8, 4) is 11.3 Å². The average molecular weight is 432 g/mol. The van der Waals surface area contributed by atoms with Gasteiger partial charge in [0.1, 0.15) is 0 Å². The number of benzene rings is 2. The molecule has 0 atom stereocenters. The quantitative estimate of drug-likeness (QED) is 0.494. The molecular weight excluding hydrogens is 418 g/mol. The molecule has 0 aliphatic rings. The molecule has 6 nitrogen and oxygen atoms in total. The number of aromatic amines is 1. The third-order valence-electron chi connectivity index (χ3n) is 4.18. The first-order valence-corrected chi connectivity index (χ1v) is 11.3. The second-order valence-electron chi connectivity index (χ2n) is 6.16. The summed E-state index contributed by atoms with van der Waals surface area (Å²) >= 11 is 7.22. The number of hydrogen-bond donors (Lipinski definition) is 2. The first-order valence-electron chi connectivity index (χ1n) is 8.16. The van der Waals surface area contributed by atoms with E-state index in [-0.39, 0.29) is 15.5 Å². The summed E-state index contributed by atoms with van der Waals surface area (Å²) in [7, 11) is -3.54. The molecule has 2 N–H and O–H groups in total. The highest BCUT2D eigenvalue weighted by Gasteiger charge is 2.17. The standard InChI is InChI=1S/C19H14ClN3O3S2/c1-28(25,26)17-8-11(6-7-14(17)20)18(24)23-19-22-16(10-27-19)13-9-21-15-5-3-2-4-12(13)15/h2-10,21H,1H3,(H,22,23,24). The molecule has 2 aromatic carbocycles. The molecule has 0 spiro atoms. The Morgan fingerprint density at radius 1 is 1.21 bits per heavy atom. The molecule has 0 radical (unpaired) electrons. The fourth-order valence-corrected chi connectivity index (χ4v) is 4.84. The highest BCUT2D eigenvalue weighted by atomic mass is 35.5. The topological polar surface area (TPSA) is 91.9 Å². The van der Waals surface area contributed by atoms with Crippen LogP contribution in [0.5, 0.6) is 0 Å². The van der Waals surface area contributed by atoms with Crippen molar-refractivity contribution >= 4 is 54.7 Å². The number of carbonyl (C=O) groups excluding carboxylic acids is 1. The fourth-order valence-electron chi connectivity index (χ4n) is 2.84. The smallest absolute Gasteiger partial charge is 0.257 e. The summed E-state index contributed by atoms with van der Waals surface area (Å²) < 4.78 is 23.6. The van der Waals surface area contributed by atoms with Crippen LogP contribution in [-0.2, 0) is 9.84 Å². The minimum atomic E-state index is -3.54. The van der Waals surface area contributed by atoms with Crippen molar-refractivity contribution in [3.63, 3.8) is 0 Å². The third-order valence-corrected chi connectivity index (χ3v) is 6.52. The highest BCUT2D eigenvalue weighted by molar-refractivity contribution is 7.90. The van der Waals surface area contributed by atoms with Gasteiger partial charge in [-0.05, 0) is 24.3 Å². The van der Waals surface area contributed by atoms with Crippen molar-refractivity contribution in [2.24, 2.45) is 0 Å². The van der Waals surface area contributed by atoms with E-state index in [1.807, 2.05) is 35.8 Å². The number of aromatic nitrogens is 2. The van der Waals surface area contributed by atoms with Gasteiger partial charge in [-0.15, -0.1) is 11.3 Å². The number of amides is 1. The number of hydrogen-bond acceptors (Lipinski definition) is 5. The zero-order chi connectivity index (χ0) is 19.9. The number of sulfone groups is 1. The lowest BCUT2D eigenvalue weighted by Crippen LogP contribution is -2.12. The largest absolute Gasteiger partial charge is 0.360 e. The minimum Gasteiger partial charge on any atom is -0.360 e. The molecule has 0 unspecified atom stereocenters. The molecule has 0 saturated heterocycles. The molecule has 4 rings (SSSR count). The summed E-state index contributed by atoms with van der Waals surface area (Å²) in [6.07, 6.45) is 2.92. The number of carbonyl (C=O) groups is 1. The molecule has 4 aromatic rings. The Morgan fingerprint density at radius 3 is 2.79 bits per heavy atom. The number of fused-ring (bicyclic) bond motifs is 1. The van der Waals surface area contributed by atoms with Crippen molar-refractivity contribution in [2.45, 2.75) is 4.90 Å². The first kappa shape index (κ1) is 18.7. The van der Waals surface area contributed by atoms with Crippen LogP contribution < -0.4 is 5.32 Å². The van der Waals surface area contributed by atoms with Crippen molar-refractivity contribution in [1.82, 2.24) is 9.97 Å². The lowest BCUT2D eigenvalue weighted by atomic mass is 10.1. The van der Waals surface area contributed by atoms with Crippen LogP contribution >= 0.6 is 22.9 Å². The summed E-state index contributed by atoms with van der Waals surface area (Å²) in [4.78, 5) is 20.1. The Bertz CT molecular complexity index is 1310. The number of halogens is 1. The zero-order valence-electron chi connectivity index (χ0n) is 14.6. The van der Waals surface area contributed by atoms with E-state index in [1.165, 1.54) is 29.5 Å². The molecule has 1 amide bonds. The summed E-state index contributed by atoms with van der Waals surface area (Å²) in [5.74, 6) is -0.457. The maximum Gasteiger partial charge on any atom is 0.257 e. The number of nitrogens with zero attached hydrogens (tertiary/aromatic N) is 1. The Hall–Kier alpha value is -2.68. The molecule has 0 bridgehead atoms. The second-order valence-corrected chi connectivity index (χ2v) is 9.41. The van der Waals surface area contributed by atoms with Crippen molar-refractivity contribution in [2.75, 3.05) is 11.6 Å². The van der Waals surface area contributed by atoms with Gasteiger partial charge in [-0.2, -0.15) is 0 Å². The van der Waals surface area contributed by atoms with Gasteiger partial charge in [0.05, 0.1) is 15.6 Å². The Balaban J connectivity index is 1.60. The van der Waals surface area contributed by atoms with E-state index in [0.29, 0.717) is 5.13 Å². The number of thiazole rings is 1. The van der Waals surface area contributed by atoms with E-state index >= 15 is 0 Å². The van der Waals surface area contributed by atoms with Gasteiger partial charge in [-0.25, -0.2) is 13.4 Å². The predicted molar refractivity (Wildman–Crippen MR) is 112 cm³/mol. The maximum absolute atomic E-state index is 12.5. The molecule has 0 fully saturated rings. The van der Waals surface area contributed by atoms with Gasteiger partial charge >= 0.3 is 0 Å². The number of anilines is 1. The van der Waals surface area contributed by atoms with Gasteiger partial charge in [-0.1, -0.05) is 29.8 Å². The van der Waals surface area contributed by atoms with Gasteiger partial charge in [0, 0.05) is 39.9 Å². The number of para-hydroxylation sites is 1. The molecule has 9 heteroatoms. The van der Waals surface area contributed by atoms with Crippen LogP contribution in [-0.4, -0.2) is 30.5 Å². The highest BCUT2D eigenvalue weighted by Crippen LogP contribution is 2.31. The lowest BCUT2D eigenvalue weighted by molar-refractivity contribution is 0.102. The lowest BCUT2D eigenvalue weighted by Gasteiger charge is -2.06. The van der Waals surface area contributed by atoms with Crippen molar-refractivity contribution in [3.05, 3.63) is 64.6 Å². The molecule has 142 valence electrons. The molecule has 2 heterocycles. The second kappa shape index (κ2) is 7.05. The SMILES string of the molecule is CS(=O)(=O)c1cc(C(=O)Nc2nc(-c3c[nH]c4ccccc34)cs2)ccc1Cl. The molecule has 28 heavy (non-hydrogen) atoms. The van der Waals surface area contributed by atoms with E-state index in [0.717, 1.165) is 28.4 Å². The Kier molecular flexibility index (Phi) is 4.70. The van der Waals surface area contributed by atoms with E-state index < -0.39 is 15.7 Å². The van der Waals surface area contributed by atoms with Gasteiger partial charge in [0.2, 0.25) is 0 Å². The van der Waals surface area contributed by atoms with Crippen LogP contribution in [0.15, 0.2) is 58.9 Å². The van der Waals surface area contributed by atoms with Crippen LogP contribution in [0.25, 0.3) is 22.2 Å². The fraction of sp³-hybridized carbons (Fsp3) is 0.0526. The summed E-state index contributed by atoms with van der Waals surface area (Å²) in [5.41, 5.74) is 2.88. The summed E-state index contributed by atoms with van der Waals surface area (Å²) in [6, 6.07) is 12.0. The van der Waals surface area contributed by atoms with Gasteiger partial charge < -0.3 is 4.98 Å². The van der Waals surface area contributed by atoms with Gasteiger partial charge in [0.15, 0.2) is 15.0 Å². The average Bonchev–Trinajstić information content (AvgIpc) is 3.27. The monoisotopic (exact) mass is 431 g/mol. The van der Waals surface area contributed by atoms with Crippen LogP contribution in [0.2, 0.25) is 5.02 Å². The molecular formula is C19H14ClN3O3S2. The van der Waals surface area contributed by atoms with Crippen LogP contribution in [0, 0.1) is 0 Å². The third kappa shape index (κ3) is 3.54. The predicted octanol–water partition coefficient (Wildman–Crippen LogP) is 4.60. The van der Waals surface area contributed by atoms with E-state index in [2.05, 4.69) is 15.3 Å². The van der Waals surface area contributed by atoms with E-state index in [4.69, 9.17) is 11.6 Å². The van der Waals surface area contributed by atoms with E-state index in [9.17, 15) is 13.2 Å². The molecule has 0 aliphatic carbocycles. The number of rotatable bonds is 4. The van der Waals surface area contributed by atoms with Crippen molar-refractivity contribution < 1.29 is 13.2 Å². The normalized spacial score (nSPS) is 11.6. The van der Waals surface area contributed by atoms with Crippen molar-refractivity contribution in [1.29, 1.82) is 0 Å². The summed E-state index contributed by atoms with van der Waals surface area (Å²) in [5, 5.41) is 6.10. The zero-order valence-corrected chi connectivity index (χ0v) is 17.0. The number of H-pyrrole nitrogens is 1. The van der Waals surface area contributed by atoms with Gasteiger partial charge in [-0.3, -0.25) is 10.1 Å². The van der Waals surface area contributed by atoms with Crippen LogP contribution in [0.1, 0.15) is 10.4 Å². The Labute approximate surface area is 170 Å². The number of nitrogens with one attached hydrogen (secondary N) is 2. The first-order chi connectivity index (χ1) is 13.3. The summed E-state index contributed by atoms with van der Waals surface area (Å²) in [6.45, 7) is 0.